The fraction of sp³-hybridized carbons (Fsp3) is 0.0588. The maximum absolute atomic E-state index is 13.7. The van der Waals surface area contributed by atoms with E-state index >= 15 is 0 Å². The molecule has 0 fully saturated rings. The minimum atomic E-state index is -0.314. The summed E-state index contributed by atoms with van der Waals surface area (Å²) >= 11 is 0. The SMILES string of the molecule is Cc1cc(F)cc(-n2ncc3c(-c4cncnc4N)ccnc32)c1. The molecule has 0 saturated carbocycles. The van der Waals surface area contributed by atoms with Crippen LogP contribution >= 0.6 is 0 Å². The molecule has 0 unspecified atom stereocenters. The average Bonchev–Trinajstić information content (AvgIpc) is 2.98. The fourth-order valence-corrected chi connectivity index (χ4v) is 2.74. The molecule has 0 aliphatic carbocycles. The number of nitrogen functional groups attached to an aromatic ring is 1. The van der Waals surface area contributed by atoms with Gasteiger partial charge < -0.3 is 5.73 Å². The van der Waals surface area contributed by atoms with Crippen molar-refractivity contribution in [2.24, 2.45) is 0 Å². The second kappa shape index (κ2) is 5.38. The van der Waals surface area contributed by atoms with E-state index in [0.717, 1.165) is 16.5 Å². The van der Waals surface area contributed by atoms with Gasteiger partial charge >= 0.3 is 0 Å². The summed E-state index contributed by atoms with van der Waals surface area (Å²) in [5.41, 5.74) is 9.53. The first kappa shape index (κ1) is 14.3. The van der Waals surface area contributed by atoms with Gasteiger partial charge in [0.15, 0.2) is 5.65 Å². The van der Waals surface area contributed by atoms with Crippen molar-refractivity contribution in [1.82, 2.24) is 24.7 Å². The van der Waals surface area contributed by atoms with Crippen molar-refractivity contribution in [2.75, 3.05) is 5.73 Å². The molecule has 118 valence electrons. The van der Waals surface area contributed by atoms with E-state index in [0.29, 0.717) is 22.7 Å². The van der Waals surface area contributed by atoms with Crippen LogP contribution in [0, 0.1) is 12.7 Å². The monoisotopic (exact) mass is 320 g/mol. The number of aryl methyl sites for hydroxylation is 1. The number of nitrogens with zero attached hydrogens (tertiary/aromatic N) is 5. The molecule has 0 aliphatic heterocycles. The molecule has 3 heterocycles. The van der Waals surface area contributed by atoms with E-state index in [1.807, 2.05) is 19.1 Å². The molecule has 0 saturated heterocycles. The van der Waals surface area contributed by atoms with Gasteiger partial charge in [-0.1, -0.05) is 0 Å². The summed E-state index contributed by atoms with van der Waals surface area (Å²) in [6.45, 7) is 1.83. The Morgan fingerprint density at radius 1 is 1.08 bits per heavy atom. The molecule has 7 heteroatoms. The number of halogens is 1. The lowest BCUT2D eigenvalue weighted by Crippen LogP contribution is -1.99. The third-order valence-electron chi connectivity index (χ3n) is 3.78. The first-order valence-corrected chi connectivity index (χ1v) is 7.29. The molecule has 24 heavy (non-hydrogen) atoms. The Kier molecular flexibility index (Phi) is 3.19. The summed E-state index contributed by atoms with van der Waals surface area (Å²) in [6.07, 6.45) is 6.40. The zero-order chi connectivity index (χ0) is 16.7. The standard InChI is InChI=1S/C17H13FN6/c1-10-4-11(18)6-12(5-10)24-17-15(8-23-24)13(2-3-21-17)14-7-20-9-22-16(14)19/h2-9H,1H3,(H2,19,20,22). The van der Waals surface area contributed by atoms with Crippen LogP contribution < -0.4 is 5.73 Å². The number of hydrogen-bond donors (Lipinski definition) is 1. The van der Waals surface area contributed by atoms with E-state index in [9.17, 15) is 4.39 Å². The third kappa shape index (κ3) is 2.26. The van der Waals surface area contributed by atoms with E-state index in [2.05, 4.69) is 20.1 Å². The minimum Gasteiger partial charge on any atom is -0.383 e. The Bertz CT molecular complexity index is 1040. The van der Waals surface area contributed by atoms with Gasteiger partial charge in [-0.3, -0.25) is 0 Å². The molecular weight excluding hydrogens is 307 g/mol. The number of pyridine rings is 1. The van der Waals surface area contributed by atoms with Crippen LogP contribution in [0.5, 0.6) is 0 Å². The molecule has 0 amide bonds. The highest BCUT2D eigenvalue weighted by Crippen LogP contribution is 2.30. The maximum atomic E-state index is 13.7. The van der Waals surface area contributed by atoms with Crippen molar-refractivity contribution < 1.29 is 4.39 Å². The van der Waals surface area contributed by atoms with Crippen LogP contribution in [0.4, 0.5) is 10.2 Å². The highest BCUT2D eigenvalue weighted by molar-refractivity contribution is 5.95. The van der Waals surface area contributed by atoms with E-state index in [4.69, 9.17) is 5.73 Å². The number of fused-ring (bicyclic) bond motifs is 1. The Balaban J connectivity index is 1.96. The normalized spacial score (nSPS) is 11.1. The number of hydrogen-bond acceptors (Lipinski definition) is 5. The van der Waals surface area contributed by atoms with Crippen LogP contribution in [0.3, 0.4) is 0 Å². The number of aromatic nitrogens is 5. The van der Waals surface area contributed by atoms with Gasteiger partial charge in [-0.25, -0.2) is 24.0 Å². The van der Waals surface area contributed by atoms with Crippen LogP contribution in [-0.2, 0) is 0 Å². The molecule has 1 aromatic carbocycles. The van der Waals surface area contributed by atoms with Gasteiger partial charge in [0, 0.05) is 28.9 Å². The predicted molar refractivity (Wildman–Crippen MR) is 89.0 cm³/mol. The van der Waals surface area contributed by atoms with Crippen LogP contribution in [0.2, 0.25) is 0 Å². The lowest BCUT2D eigenvalue weighted by molar-refractivity contribution is 0.624. The first-order valence-electron chi connectivity index (χ1n) is 7.29. The lowest BCUT2D eigenvalue weighted by atomic mass is 10.1. The summed E-state index contributed by atoms with van der Waals surface area (Å²) in [4.78, 5) is 12.4. The van der Waals surface area contributed by atoms with Gasteiger partial charge in [0.2, 0.25) is 0 Å². The van der Waals surface area contributed by atoms with Gasteiger partial charge in [0.25, 0.3) is 0 Å². The Morgan fingerprint density at radius 3 is 2.75 bits per heavy atom. The molecule has 0 bridgehead atoms. The maximum Gasteiger partial charge on any atom is 0.163 e. The number of benzene rings is 1. The largest absolute Gasteiger partial charge is 0.383 e. The van der Waals surface area contributed by atoms with Gasteiger partial charge in [0.05, 0.1) is 11.9 Å². The van der Waals surface area contributed by atoms with Crippen molar-refractivity contribution in [3.63, 3.8) is 0 Å². The summed E-state index contributed by atoms with van der Waals surface area (Å²) in [5, 5.41) is 5.16. The van der Waals surface area contributed by atoms with Crippen LogP contribution in [0.25, 0.3) is 27.8 Å². The summed E-state index contributed by atoms with van der Waals surface area (Å²) in [6, 6.07) is 6.58. The Morgan fingerprint density at radius 2 is 1.96 bits per heavy atom. The molecule has 0 spiro atoms. The van der Waals surface area contributed by atoms with Gasteiger partial charge in [-0.15, -0.1) is 0 Å². The van der Waals surface area contributed by atoms with Gasteiger partial charge in [0.1, 0.15) is 18.0 Å². The molecule has 4 rings (SSSR count). The molecule has 2 N–H and O–H groups in total. The summed E-state index contributed by atoms with van der Waals surface area (Å²) in [5.74, 6) is 0.0670. The predicted octanol–water partition coefficient (Wildman–Crippen LogP) is 2.91. The quantitative estimate of drug-likeness (QED) is 0.614. The zero-order valence-corrected chi connectivity index (χ0v) is 12.8. The smallest absolute Gasteiger partial charge is 0.163 e. The van der Waals surface area contributed by atoms with Crippen molar-refractivity contribution in [1.29, 1.82) is 0 Å². The van der Waals surface area contributed by atoms with Gasteiger partial charge in [-0.05, 0) is 36.8 Å². The van der Waals surface area contributed by atoms with Crippen LogP contribution in [0.15, 0.2) is 49.2 Å². The Labute approximate surface area is 136 Å². The van der Waals surface area contributed by atoms with E-state index in [1.54, 1.807) is 23.3 Å². The fourth-order valence-electron chi connectivity index (χ4n) is 2.74. The van der Waals surface area contributed by atoms with E-state index in [-0.39, 0.29) is 5.82 Å². The highest BCUT2D eigenvalue weighted by Gasteiger charge is 2.14. The van der Waals surface area contributed by atoms with E-state index in [1.165, 1.54) is 18.5 Å². The first-order chi connectivity index (χ1) is 11.6. The van der Waals surface area contributed by atoms with Crippen LogP contribution in [0.1, 0.15) is 5.56 Å². The summed E-state index contributed by atoms with van der Waals surface area (Å²) < 4.78 is 15.3. The molecule has 6 nitrogen and oxygen atoms in total. The van der Waals surface area contributed by atoms with Crippen molar-refractivity contribution >= 4 is 16.9 Å². The molecule has 3 aromatic heterocycles. The number of rotatable bonds is 2. The number of nitrogens with two attached hydrogens (primary N) is 1. The molecule has 4 aromatic rings. The second-order valence-corrected chi connectivity index (χ2v) is 5.46. The van der Waals surface area contributed by atoms with E-state index < -0.39 is 0 Å². The van der Waals surface area contributed by atoms with Gasteiger partial charge in [-0.2, -0.15) is 5.10 Å². The highest BCUT2D eigenvalue weighted by atomic mass is 19.1. The van der Waals surface area contributed by atoms with Crippen molar-refractivity contribution in [3.8, 4) is 16.8 Å². The summed E-state index contributed by atoms with van der Waals surface area (Å²) in [7, 11) is 0. The van der Waals surface area contributed by atoms with Crippen molar-refractivity contribution in [3.05, 3.63) is 60.6 Å². The zero-order valence-electron chi connectivity index (χ0n) is 12.8. The lowest BCUT2D eigenvalue weighted by Gasteiger charge is -2.07. The molecule has 0 radical (unpaired) electrons. The van der Waals surface area contributed by atoms with Crippen molar-refractivity contribution in [2.45, 2.75) is 6.92 Å². The van der Waals surface area contributed by atoms with Crippen LogP contribution in [-0.4, -0.2) is 24.7 Å². The number of anilines is 1. The Hall–Kier alpha value is -3.35. The molecular formula is C17H13FN6. The second-order valence-electron chi connectivity index (χ2n) is 5.46. The third-order valence-corrected chi connectivity index (χ3v) is 3.78. The minimum absolute atomic E-state index is 0.314. The molecule has 0 atom stereocenters. The topological polar surface area (TPSA) is 82.5 Å². The molecule has 0 aliphatic rings. The average molecular weight is 320 g/mol.